The number of fused-ring (bicyclic) bond motifs is 3. The second kappa shape index (κ2) is 9.39. The van der Waals surface area contributed by atoms with Gasteiger partial charge in [0.1, 0.15) is 23.7 Å². The van der Waals surface area contributed by atoms with Gasteiger partial charge in [0.05, 0.1) is 14.2 Å². The highest BCUT2D eigenvalue weighted by molar-refractivity contribution is 5.98. The molecule has 0 saturated heterocycles. The van der Waals surface area contributed by atoms with Crippen LogP contribution in [-0.2, 0) is 22.6 Å². The van der Waals surface area contributed by atoms with Crippen LogP contribution in [0.1, 0.15) is 59.7 Å². The molecule has 3 unspecified atom stereocenters. The summed E-state index contributed by atoms with van der Waals surface area (Å²) in [7, 11) is 3.19. The van der Waals surface area contributed by atoms with Gasteiger partial charge in [0, 0.05) is 24.1 Å². The zero-order valence-corrected chi connectivity index (χ0v) is 19.5. The van der Waals surface area contributed by atoms with Gasteiger partial charge in [-0.25, -0.2) is 4.79 Å². The highest BCUT2D eigenvalue weighted by atomic mass is 16.5. The van der Waals surface area contributed by atoms with Gasteiger partial charge in [-0.2, -0.15) is 0 Å². The Kier molecular flexibility index (Phi) is 6.58. The van der Waals surface area contributed by atoms with Crippen LogP contribution in [-0.4, -0.2) is 32.6 Å². The Balaban J connectivity index is 1.37. The topological polar surface area (TPSA) is 73.9 Å². The van der Waals surface area contributed by atoms with Gasteiger partial charge in [-0.1, -0.05) is 23.8 Å². The van der Waals surface area contributed by atoms with E-state index in [1.165, 1.54) is 12.8 Å². The summed E-state index contributed by atoms with van der Waals surface area (Å²) >= 11 is 0. The first-order chi connectivity index (χ1) is 15.4. The second-order valence-corrected chi connectivity index (χ2v) is 9.20. The lowest BCUT2D eigenvalue weighted by Gasteiger charge is -2.18. The molecule has 2 aliphatic carbocycles. The fraction of sp³-hybridized carbons (Fsp3) is 0.538. The van der Waals surface area contributed by atoms with Gasteiger partial charge in [0.25, 0.3) is 0 Å². The molecule has 1 aromatic rings. The zero-order valence-electron chi connectivity index (χ0n) is 19.5. The lowest BCUT2D eigenvalue weighted by atomic mass is 9.93. The fourth-order valence-electron chi connectivity index (χ4n) is 5.39. The molecule has 32 heavy (non-hydrogen) atoms. The van der Waals surface area contributed by atoms with Crippen LogP contribution in [0.15, 0.2) is 23.8 Å². The SMILES string of the molecule is COc1c(C)c2c(c(OC)c1C/C=C(\C)CCC(=O)NCC1CC3C=CC1C3)C(=O)OC2. The number of allylic oxidation sites excluding steroid dienone is 4. The number of rotatable bonds is 9. The minimum absolute atomic E-state index is 0.107. The summed E-state index contributed by atoms with van der Waals surface area (Å²) in [6.07, 6.45) is 10.9. The summed E-state index contributed by atoms with van der Waals surface area (Å²) in [5, 5.41) is 3.12. The number of cyclic esters (lactones) is 1. The van der Waals surface area contributed by atoms with Crippen LogP contribution in [0.5, 0.6) is 11.5 Å². The number of carbonyl (C=O) groups excluding carboxylic acids is 2. The van der Waals surface area contributed by atoms with E-state index in [0.29, 0.717) is 42.4 Å². The van der Waals surface area contributed by atoms with Crippen molar-refractivity contribution in [2.75, 3.05) is 20.8 Å². The zero-order chi connectivity index (χ0) is 22.8. The average Bonchev–Trinajstić information content (AvgIpc) is 3.51. The monoisotopic (exact) mass is 439 g/mol. The molecule has 1 aromatic carbocycles. The van der Waals surface area contributed by atoms with Crippen molar-refractivity contribution in [2.24, 2.45) is 17.8 Å². The third-order valence-corrected chi connectivity index (χ3v) is 7.21. The molecule has 3 atom stereocenters. The van der Waals surface area contributed by atoms with E-state index >= 15 is 0 Å². The van der Waals surface area contributed by atoms with Crippen molar-refractivity contribution in [2.45, 2.75) is 52.6 Å². The van der Waals surface area contributed by atoms with E-state index in [0.717, 1.165) is 40.5 Å². The predicted molar refractivity (Wildman–Crippen MR) is 122 cm³/mol. The van der Waals surface area contributed by atoms with Gasteiger partial charge in [0.15, 0.2) is 0 Å². The van der Waals surface area contributed by atoms with E-state index in [9.17, 15) is 9.59 Å². The molecule has 1 amide bonds. The summed E-state index contributed by atoms with van der Waals surface area (Å²) in [6, 6.07) is 0. The van der Waals surface area contributed by atoms with Crippen molar-refractivity contribution >= 4 is 11.9 Å². The second-order valence-electron chi connectivity index (χ2n) is 9.20. The molecule has 4 rings (SSSR count). The lowest BCUT2D eigenvalue weighted by Crippen LogP contribution is -2.30. The normalized spacial score (nSPS) is 23.3. The van der Waals surface area contributed by atoms with Crippen molar-refractivity contribution in [3.05, 3.63) is 46.1 Å². The van der Waals surface area contributed by atoms with Crippen LogP contribution in [0, 0.1) is 24.7 Å². The van der Waals surface area contributed by atoms with Crippen LogP contribution in [0.2, 0.25) is 0 Å². The number of esters is 1. The number of carbonyl (C=O) groups is 2. The average molecular weight is 440 g/mol. The molecule has 1 aliphatic heterocycles. The number of benzene rings is 1. The first-order valence-corrected chi connectivity index (χ1v) is 11.5. The van der Waals surface area contributed by atoms with Crippen LogP contribution < -0.4 is 14.8 Å². The number of methoxy groups -OCH3 is 2. The minimum Gasteiger partial charge on any atom is -0.496 e. The molecule has 1 saturated carbocycles. The maximum atomic E-state index is 12.3. The summed E-state index contributed by atoms with van der Waals surface area (Å²) < 4.78 is 16.5. The minimum atomic E-state index is -0.354. The van der Waals surface area contributed by atoms with E-state index in [2.05, 4.69) is 23.5 Å². The molecule has 0 spiro atoms. The van der Waals surface area contributed by atoms with E-state index in [1.54, 1.807) is 14.2 Å². The van der Waals surface area contributed by atoms with Crippen LogP contribution in [0.4, 0.5) is 0 Å². The first kappa shape index (κ1) is 22.4. The third-order valence-electron chi connectivity index (χ3n) is 7.21. The largest absolute Gasteiger partial charge is 0.496 e. The smallest absolute Gasteiger partial charge is 0.342 e. The summed E-state index contributed by atoms with van der Waals surface area (Å²) in [5.41, 5.74) is 4.19. The van der Waals surface area contributed by atoms with Gasteiger partial charge in [-0.3, -0.25) is 4.79 Å². The molecule has 0 radical (unpaired) electrons. The Morgan fingerprint density at radius 3 is 2.62 bits per heavy atom. The molecule has 1 N–H and O–H groups in total. The van der Waals surface area contributed by atoms with Gasteiger partial charge in [-0.05, 0) is 62.8 Å². The highest BCUT2D eigenvalue weighted by Gasteiger charge is 2.35. The third kappa shape index (κ3) is 4.27. The van der Waals surface area contributed by atoms with Crippen molar-refractivity contribution in [3.8, 4) is 11.5 Å². The molecule has 3 aliphatic rings. The number of nitrogens with one attached hydrogen (secondary N) is 1. The van der Waals surface area contributed by atoms with Gasteiger partial charge < -0.3 is 19.5 Å². The van der Waals surface area contributed by atoms with Crippen molar-refractivity contribution < 1.29 is 23.8 Å². The number of ether oxygens (including phenoxy) is 3. The van der Waals surface area contributed by atoms with Crippen molar-refractivity contribution in [1.29, 1.82) is 0 Å². The summed E-state index contributed by atoms with van der Waals surface area (Å²) in [4.78, 5) is 24.6. The molecule has 1 heterocycles. The van der Waals surface area contributed by atoms with Crippen LogP contribution in [0.3, 0.4) is 0 Å². The maximum absolute atomic E-state index is 12.3. The summed E-state index contributed by atoms with van der Waals surface area (Å²) in [6.45, 7) is 5.00. The van der Waals surface area contributed by atoms with E-state index in [1.807, 2.05) is 13.8 Å². The maximum Gasteiger partial charge on any atom is 0.342 e. The Labute approximate surface area is 190 Å². The number of hydrogen-bond acceptors (Lipinski definition) is 5. The molecule has 6 heteroatoms. The summed E-state index contributed by atoms with van der Waals surface area (Å²) in [5.74, 6) is 2.97. The van der Waals surface area contributed by atoms with Crippen molar-refractivity contribution in [1.82, 2.24) is 5.32 Å². The highest BCUT2D eigenvalue weighted by Crippen LogP contribution is 2.43. The van der Waals surface area contributed by atoms with Gasteiger partial charge >= 0.3 is 5.97 Å². The molecule has 172 valence electrons. The van der Waals surface area contributed by atoms with E-state index in [4.69, 9.17) is 14.2 Å². The Hall–Kier alpha value is -2.76. The Morgan fingerprint density at radius 1 is 1.19 bits per heavy atom. The van der Waals surface area contributed by atoms with E-state index < -0.39 is 0 Å². The molecular formula is C26H33NO5. The van der Waals surface area contributed by atoms with Crippen LogP contribution in [0.25, 0.3) is 0 Å². The quantitative estimate of drug-likeness (QED) is 0.459. The predicted octanol–water partition coefficient (Wildman–Crippen LogP) is 4.28. The van der Waals surface area contributed by atoms with Crippen molar-refractivity contribution in [3.63, 3.8) is 0 Å². The fourth-order valence-corrected chi connectivity index (χ4v) is 5.39. The standard InChI is InChI=1S/C26H33NO5/c1-15(6-10-22(28)27-13-19-12-17-7-8-18(19)11-17)5-9-20-24(30-3)16(2)21-14-32-26(29)23(21)25(20)31-4/h5,7-8,17-19H,6,9-14H2,1-4H3,(H,27,28)/b15-5+. The number of hydrogen-bond donors (Lipinski definition) is 1. The Morgan fingerprint density at radius 2 is 1.97 bits per heavy atom. The van der Waals surface area contributed by atoms with Crippen LogP contribution >= 0.6 is 0 Å². The molecule has 1 fully saturated rings. The lowest BCUT2D eigenvalue weighted by molar-refractivity contribution is -0.121. The molecule has 0 aromatic heterocycles. The molecular weight excluding hydrogens is 406 g/mol. The van der Waals surface area contributed by atoms with Gasteiger partial charge in [0.2, 0.25) is 5.91 Å². The Bertz CT molecular complexity index is 977. The van der Waals surface area contributed by atoms with E-state index in [-0.39, 0.29) is 18.5 Å². The molecule has 6 nitrogen and oxygen atoms in total. The number of amides is 1. The van der Waals surface area contributed by atoms with Gasteiger partial charge in [-0.15, -0.1) is 0 Å². The first-order valence-electron chi connectivity index (χ1n) is 11.5. The molecule has 2 bridgehead atoms.